The summed E-state index contributed by atoms with van der Waals surface area (Å²) in [6.45, 7) is 1.93. The van der Waals surface area contributed by atoms with Crippen molar-refractivity contribution in [3.63, 3.8) is 0 Å². The third-order valence-corrected chi connectivity index (χ3v) is 3.36. The van der Waals surface area contributed by atoms with Crippen molar-refractivity contribution in [2.24, 2.45) is 5.73 Å². The molecule has 2 aromatic rings. The molecule has 0 bridgehead atoms. The Morgan fingerprint density at radius 2 is 2.00 bits per heavy atom. The molecular formula is C15H16BrFN2. The van der Waals surface area contributed by atoms with Gasteiger partial charge in [0.15, 0.2) is 0 Å². The van der Waals surface area contributed by atoms with Gasteiger partial charge >= 0.3 is 0 Å². The van der Waals surface area contributed by atoms with Crippen molar-refractivity contribution in [2.45, 2.75) is 25.3 Å². The molecule has 1 unspecified atom stereocenters. The maximum atomic E-state index is 13.6. The second-order valence-electron chi connectivity index (χ2n) is 5.11. The molecule has 0 aliphatic heterocycles. The third kappa shape index (κ3) is 4.11. The third-order valence-electron chi connectivity index (χ3n) is 2.92. The minimum Gasteiger partial charge on any atom is -0.325 e. The summed E-state index contributed by atoms with van der Waals surface area (Å²) in [6.07, 6.45) is 4.66. The summed E-state index contributed by atoms with van der Waals surface area (Å²) in [5.74, 6) is -0.202. The minimum absolute atomic E-state index is 0.202. The molecule has 4 heteroatoms. The maximum absolute atomic E-state index is 13.6. The van der Waals surface area contributed by atoms with E-state index >= 15 is 0 Å². The van der Waals surface area contributed by atoms with Crippen LogP contribution in [-0.4, -0.2) is 10.5 Å². The zero-order valence-corrected chi connectivity index (χ0v) is 12.3. The fourth-order valence-electron chi connectivity index (χ4n) is 2.16. The molecule has 19 heavy (non-hydrogen) atoms. The van der Waals surface area contributed by atoms with Crippen LogP contribution in [-0.2, 0) is 12.8 Å². The molecule has 1 aromatic carbocycles. The van der Waals surface area contributed by atoms with Crippen LogP contribution >= 0.6 is 15.9 Å². The van der Waals surface area contributed by atoms with Crippen molar-refractivity contribution < 1.29 is 4.39 Å². The highest BCUT2D eigenvalue weighted by molar-refractivity contribution is 9.10. The van der Waals surface area contributed by atoms with Crippen LogP contribution in [0.5, 0.6) is 0 Å². The fourth-order valence-corrected chi connectivity index (χ4v) is 2.57. The lowest BCUT2D eigenvalue weighted by Crippen LogP contribution is -2.41. The molecule has 0 radical (unpaired) electrons. The van der Waals surface area contributed by atoms with Gasteiger partial charge in [0.25, 0.3) is 0 Å². The number of pyridine rings is 1. The predicted molar refractivity (Wildman–Crippen MR) is 78.3 cm³/mol. The van der Waals surface area contributed by atoms with E-state index in [1.54, 1.807) is 24.5 Å². The molecule has 2 N–H and O–H groups in total. The number of nitrogens with zero attached hydrogens (tertiary/aromatic N) is 1. The van der Waals surface area contributed by atoms with Crippen LogP contribution in [0.15, 0.2) is 47.2 Å². The Morgan fingerprint density at radius 1 is 1.26 bits per heavy atom. The lowest BCUT2D eigenvalue weighted by Gasteiger charge is -2.25. The Hall–Kier alpha value is -1.26. The minimum atomic E-state index is -0.509. The van der Waals surface area contributed by atoms with Gasteiger partial charge in [-0.15, -0.1) is 0 Å². The SMILES string of the molecule is CC(N)(Cc1cncc(Br)c1)Cc1ccccc1F. The number of hydrogen-bond acceptors (Lipinski definition) is 2. The molecule has 0 saturated heterocycles. The Balaban J connectivity index is 2.13. The number of aromatic nitrogens is 1. The van der Waals surface area contributed by atoms with E-state index in [4.69, 9.17) is 5.73 Å². The van der Waals surface area contributed by atoms with Crippen molar-refractivity contribution in [1.29, 1.82) is 0 Å². The van der Waals surface area contributed by atoms with Crippen LogP contribution in [0.2, 0.25) is 0 Å². The van der Waals surface area contributed by atoms with E-state index in [0.717, 1.165) is 10.0 Å². The molecule has 2 rings (SSSR count). The number of benzene rings is 1. The standard InChI is InChI=1S/C15H16BrFN2/c1-15(18,7-11-6-13(16)10-19-9-11)8-12-4-2-3-5-14(12)17/h2-6,9-10H,7-8,18H2,1H3. The molecule has 0 aliphatic rings. The van der Waals surface area contributed by atoms with Crippen molar-refractivity contribution >= 4 is 15.9 Å². The highest BCUT2D eigenvalue weighted by Gasteiger charge is 2.21. The maximum Gasteiger partial charge on any atom is 0.126 e. The summed E-state index contributed by atoms with van der Waals surface area (Å²) in [6, 6.07) is 8.74. The Morgan fingerprint density at radius 3 is 2.68 bits per heavy atom. The van der Waals surface area contributed by atoms with Crippen LogP contribution in [0.1, 0.15) is 18.1 Å². The predicted octanol–water partition coefficient (Wildman–Crippen LogP) is 3.49. The van der Waals surface area contributed by atoms with Crippen LogP contribution in [0.4, 0.5) is 4.39 Å². The molecular weight excluding hydrogens is 307 g/mol. The molecule has 1 aromatic heterocycles. The summed E-state index contributed by atoms with van der Waals surface area (Å²) in [5, 5.41) is 0. The summed E-state index contributed by atoms with van der Waals surface area (Å²) >= 11 is 3.38. The highest BCUT2D eigenvalue weighted by Crippen LogP contribution is 2.19. The normalized spacial score (nSPS) is 14.1. The Kier molecular flexibility index (Phi) is 4.32. The van der Waals surface area contributed by atoms with Gasteiger partial charge in [0.1, 0.15) is 5.82 Å². The van der Waals surface area contributed by atoms with Gasteiger partial charge in [-0.25, -0.2) is 4.39 Å². The summed E-state index contributed by atoms with van der Waals surface area (Å²) < 4.78 is 14.6. The molecule has 0 fully saturated rings. The Labute approximate surface area is 121 Å². The van der Waals surface area contributed by atoms with Gasteiger partial charge in [-0.2, -0.15) is 0 Å². The van der Waals surface area contributed by atoms with Crippen LogP contribution in [0.3, 0.4) is 0 Å². The van der Waals surface area contributed by atoms with Gasteiger partial charge < -0.3 is 5.73 Å². The van der Waals surface area contributed by atoms with E-state index < -0.39 is 5.54 Å². The molecule has 1 heterocycles. The number of rotatable bonds is 4. The lowest BCUT2D eigenvalue weighted by atomic mass is 9.88. The number of halogens is 2. The molecule has 1 atom stereocenters. The van der Waals surface area contributed by atoms with Gasteiger partial charge in [0.05, 0.1) is 0 Å². The second kappa shape index (κ2) is 5.80. The van der Waals surface area contributed by atoms with Gasteiger partial charge in [0.2, 0.25) is 0 Å². The summed E-state index contributed by atoms with van der Waals surface area (Å²) in [5.41, 5.74) is 7.47. The average molecular weight is 323 g/mol. The number of hydrogen-bond donors (Lipinski definition) is 1. The first-order valence-electron chi connectivity index (χ1n) is 6.08. The van der Waals surface area contributed by atoms with Crippen molar-refractivity contribution in [2.75, 3.05) is 0 Å². The first-order chi connectivity index (χ1) is 8.96. The van der Waals surface area contributed by atoms with Crippen molar-refractivity contribution in [1.82, 2.24) is 4.98 Å². The molecule has 100 valence electrons. The van der Waals surface area contributed by atoms with E-state index in [2.05, 4.69) is 20.9 Å². The van der Waals surface area contributed by atoms with Crippen LogP contribution < -0.4 is 5.73 Å². The van der Waals surface area contributed by atoms with Crippen LogP contribution in [0, 0.1) is 5.82 Å². The monoisotopic (exact) mass is 322 g/mol. The molecule has 0 amide bonds. The van der Waals surface area contributed by atoms with Gasteiger partial charge in [-0.1, -0.05) is 18.2 Å². The molecule has 0 spiro atoms. The van der Waals surface area contributed by atoms with Gasteiger partial charge in [0, 0.05) is 22.4 Å². The zero-order valence-electron chi connectivity index (χ0n) is 10.7. The quantitative estimate of drug-likeness (QED) is 0.935. The van der Waals surface area contributed by atoms with Crippen molar-refractivity contribution in [3.8, 4) is 0 Å². The highest BCUT2D eigenvalue weighted by atomic mass is 79.9. The smallest absolute Gasteiger partial charge is 0.126 e. The van der Waals surface area contributed by atoms with E-state index in [1.165, 1.54) is 6.07 Å². The Bertz CT molecular complexity index is 570. The molecule has 0 aliphatic carbocycles. The zero-order chi connectivity index (χ0) is 13.9. The van der Waals surface area contributed by atoms with E-state index in [0.29, 0.717) is 18.4 Å². The van der Waals surface area contributed by atoms with Crippen LogP contribution in [0.25, 0.3) is 0 Å². The van der Waals surface area contributed by atoms with Crippen molar-refractivity contribution in [3.05, 3.63) is 64.1 Å². The summed E-state index contributed by atoms with van der Waals surface area (Å²) in [7, 11) is 0. The fraction of sp³-hybridized carbons (Fsp3) is 0.267. The first kappa shape index (κ1) is 14.2. The largest absolute Gasteiger partial charge is 0.325 e. The molecule has 0 saturated carbocycles. The van der Waals surface area contributed by atoms with E-state index in [-0.39, 0.29) is 5.82 Å². The molecule has 2 nitrogen and oxygen atoms in total. The van der Waals surface area contributed by atoms with Gasteiger partial charge in [-0.3, -0.25) is 4.98 Å². The van der Waals surface area contributed by atoms with E-state index in [9.17, 15) is 4.39 Å². The number of nitrogens with two attached hydrogens (primary N) is 1. The topological polar surface area (TPSA) is 38.9 Å². The first-order valence-corrected chi connectivity index (χ1v) is 6.87. The lowest BCUT2D eigenvalue weighted by molar-refractivity contribution is 0.450. The van der Waals surface area contributed by atoms with Gasteiger partial charge in [-0.05, 0) is 59.0 Å². The van der Waals surface area contributed by atoms with E-state index in [1.807, 2.05) is 19.1 Å². The second-order valence-corrected chi connectivity index (χ2v) is 6.03. The average Bonchev–Trinajstić information content (AvgIpc) is 2.31. The summed E-state index contributed by atoms with van der Waals surface area (Å²) in [4.78, 5) is 4.12.